The number of nitrogens with zero attached hydrogens (tertiary/aromatic N) is 2. The van der Waals surface area contributed by atoms with Gasteiger partial charge in [0, 0.05) is 17.7 Å². The number of carbonyl (C=O) groups excluding carboxylic acids is 1. The number of aromatic hydroxyl groups is 1. The van der Waals surface area contributed by atoms with Crippen molar-refractivity contribution in [2.24, 2.45) is 0 Å². The number of para-hydroxylation sites is 1. The number of H-pyrrole nitrogens is 1. The number of unbranched alkanes of at least 4 members (excludes halogenated alkanes) is 2. The molecule has 1 atom stereocenters. The lowest BCUT2D eigenvalue weighted by Crippen LogP contribution is -2.30. The van der Waals surface area contributed by atoms with Gasteiger partial charge >= 0.3 is 0 Å². The number of rotatable bonds is 9. The van der Waals surface area contributed by atoms with Gasteiger partial charge in [-0.15, -0.1) is 0 Å². The third-order valence-corrected chi connectivity index (χ3v) is 5.70. The molecule has 2 N–H and O–H groups in total. The molecule has 0 unspecified atom stereocenters. The molecule has 2 heterocycles. The molecule has 1 aliphatic rings. The molecule has 0 radical (unpaired) electrons. The van der Waals surface area contributed by atoms with Crippen molar-refractivity contribution in [3.05, 3.63) is 65.4 Å². The summed E-state index contributed by atoms with van der Waals surface area (Å²) in [6, 6.07) is 14.8. The number of benzene rings is 2. The second kappa shape index (κ2) is 9.25. The van der Waals surface area contributed by atoms with E-state index in [1.807, 2.05) is 41.3 Å². The largest absolute Gasteiger partial charge is 0.507 e. The van der Waals surface area contributed by atoms with Crippen molar-refractivity contribution in [1.29, 1.82) is 0 Å². The minimum Gasteiger partial charge on any atom is -0.507 e. The van der Waals surface area contributed by atoms with Crippen molar-refractivity contribution >= 4 is 5.91 Å². The van der Waals surface area contributed by atoms with E-state index in [0.717, 1.165) is 42.6 Å². The van der Waals surface area contributed by atoms with Gasteiger partial charge in [0.25, 0.3) is 5.91 Å². The van der Waals surface area contributed by atoms with E-state index in [0.29, 0.717) is 30.1 Å². The highest BCUT2D eigenvalue weighted by Gasteiger charge is 2.42. The van der Waals surface area contributed by atoms with Crippen LogP contribution in [0.5, 0.6) is 11.5 Å². The monoisotopic (exact) mass is 419 g/mol. The first kappa shape index (κ1) is 21.0. The smallest absolute Gasteiger partial charge is 0.273 e. The first-order chi connectivity index (χ1) is 15.2. The standard InChI is InChI=1S/C25H29N3O3/c1-3-5-8-16-31-18-13-11-17(12-14-18)24-21-22(19-9-6-7-10-20(19)29)26-27-23(21)25(30)28(24)15-4-2/h6-7,9-14,24,29H,3-5,8,15-16H2,1-2H3,(H,26,27)/t24-/m0/s1. The van der Waals surface area contributed by atoms with Gasteiger partial charge in [-0.05, 0) is 42.7 Å². The van der Waals surface area contributed by atoms with E-state index in [4.69, 9.17) is 4.74 Å². The molecule has 6 heteroatoms. The molecule has 1 amide bonds. The summed E-state index contributed by atoms with van der Waals surface area (Å²) >= 11 is 0. The van der Waals surface area contributed by atoms with Gasteiger partial charge < -0.3 is 14.7 Å². The number of ether oxygens (including phenoxy) is 1. The molecule has 0 spiro atoms. The van der Waals surface area contributed by atoms with Crippen LogP contribution in [0, 0.1) is 0 Å². The summed E-state index contributed by atoms with van der Waals surface area (Å²) in [5, 5.41) is 17.7. The zero-order chi connectivity index (χ0) is 21.8. The number of carbonyl (C=O) groups is 1. The summed E-state index contributed by atoms with van der Waals surface area (Å²) in [6.07, 6.45) is 4.22. The van der Waals surface area contributed by atoms with Crippen molar-refractivity contribution < 1.29 is 14.6 Å². The molecule has 1 aromatic heterocycles. The zero-order valence-electron chi connectivity index (χ0n) is 18.1. The van der Waals surface area contributed by atoms with E-state index in [-0.39, 0.29) is 17.7 Å². The van der Waals surface area contributed by atoms with E-state index in [1.165, 1.54) is 0 Å². The number of amides is 1. The van der Waals surface area contributed by atoms with E-state index in [9.17, 15) is 9.90 Å². The number of hydrogen-bond acceptors (Lipinski definition) is 4. The molecule has 0 aliphatic carbocycles. The van der Waals surface area contributed by atoms with E-state index in [1.54, 1.807) is 12.1 Å². The number of aromatic amines is 1. The normalized spacial score (nSPS) is 15.4. The maximum absolute atomic E-state index is 13.1. The average molecular weight is 420 g/mol. The van der Waals surface area contributed by atoms with Gasteiger partial charge in [0.2, 0.25) is 0 Å². The highest BCUT2D eigenvalue weighted by Crippen LogP contribution is 2.44. The van der Waals surface area contributed by atoms with Crippen LogP contribution < -0.4 is 4.74 Å². The summed E-state index contributed by atoms with van der Waals surface area (Å²) in [5.41, 5.74) is 3.55. The first-order valence-corrected chi connectivity index (χ1v) is 11.1. The molecule has 0 saturated heterocycles. The van der Waals surface area contributed by atoms with Crippen LogP contribution in [0.3, 0.4) is 0 Å². The van der Waals surface area contributed by atoms with Crippen LogP contribution in [0.2, 0.25) is 0 Å². The highest BCUT2D eigenvalue weighted by atomic mass is 16.5. The topological polar surface area (TPSA) is 78.5 Å². The molecule has 31 heavy (non-hydrogen) atoms. The summed E-state index contributed by atoms with van der Waals surface area (Å²) in [6.45, 7) is 5.58. The van der Waals surface area contributed by atoms with E-state index in [2.05, 4.69) is 24.0 Å². The summed E-state index contributed by atoms with van der Waals surface area (Å²) < 4.78 is 5.85. The lowest BCUT2D eigenvalue weighted by atomic mass is 9.95. The predicted octanol–water partition coefficient (Wildman–Crippen LogP) is 5.31. The fourth-order valence-electron chi connectivity index (χ4n) is 4.18. The van der Waals surface area contributed by atoms with Crippen LogP contribution in [0.1, 0.15) is 67.2 Å². The molecular formula is C25H29N3O3. The maximum Gasteiger partial charge on any atom is 0.273 e. The van der Waals surface area contributed by atoms with Crippen LogP contribution in [0.15, 0.2) is 48.5 Å². The lowest BCUT2D eigenvalue weighted by molar-refractivity contribution is 0.0744. The lowest BCUT2D eigenvalue weighted by Gasteiger charge is -2.26. The summed E-state index contributed by atoms with van der Waals surface area (Å²) in [5.74, 6) is 0.920. The Labute approximate surface area is 182 Å². The number of aromatic nitrogens is 2. The Kier molecular flexibility index (Phi) is 6.26. The number of nitrogens with one attached hydrogen (secondary N) is 1. The first-order valence-electron chi connectivity index (χ1n) is 11.1. The van der Waals surface area contributed by atoms with Crippen LogP contribution in [-0.2, 0) is 0 Å². The number of phenols is 1. The van der Waals surface area contributed by atoms with E-state index < -0.39 is 0 Å². The van der Waals surface area contributed by atoms with Crippen LogP contribution in [0.25, 0.3) is 11.3 Å². The quantitative estimate of drug-likeness (QED) is 0.461. The third kappa shape index (κ3) is 4.02. The molecule has 1 aliphatic heterocycles. The van der Waals surface area contributed by atoms with Crippen LogP contribution in [0.4, 0.5) is 0 Å². The van der Waals surface area contributed by atoms with Crippen molar-refractivity contribution in [1.82, 2.24) is 15.1 Å². The van der Waals surface area contributed by atoms with Crippen LogP contribution >= 0.6 is 0 Å². The molecule has 2 aromatic carbocycles. The van der Waals surface area contributed by atoms with Gasteiger partial charge in [0.05, 0.1) is 12.6 Å². The Bertz CT molecular complexity index is 1040. The third-order valence-electron chi connectivity index (χ3n) is 5.70. The maximum atomic E-state index is 13.1. The van der Waals surface area contributed by atoms with E-state index >= 15 is 0 Å². The Morgan fingerprint density at radius 1 is 1.06 bits per heavy atom. The van der Waals surface area contributed by atoms with Gasteiger partial charge in [-0.3, -0.25) is 9.89 Å². The molecule has 162 valence electrons. The number of hydrogen-bond donors (Lipinski definition) is 2. The second-order valence-corrected chi connectivity index (χ2v) is 7.90. The highest BCUT2D eigenvalue weighted by molar-refractivity contribution is 6.00. The van der Waals surface area contributed by atoms with Crippen molar-refractivity contribution in [3.63, 3.8) is 0 Å². The Morgan fingerprint density at radius 2 is 1.84 bits per heavy atom. The minimum atomic E-state index is -0.259. The fourth-order valence-corrected chi connectivity index (χ4v) is 4.18. The molecule has 3 aromatic rings. The summed E-state index contributed by atoms with van der Waals surface area (Å²) in [7, 11) is 0. The van der Waals surface area contributed by atoms with Crippen molar-refractivity contribution in [2.75, 3.05) is 13.2 Å². The molecule has 4 rings (SSSR count). The van der Waals surface area contributed by atoms with Gasteiger partial charge in [-0.2, -0.15) is 5.10 Å². The number of fused-ring (bicyclic) bond motifs is 1. The second-order valence-electron chi connectivity index (χ2n) is 7.90. The fraction of sp³-hybridized carbons (Fsp3) is 0.360. The molecule has 0 fully saturated rings. The van der Waals surface area contributed by atoms with Gasteiger partial charge in [-0.1, -0.05) is 51.0 Å². The van der Waals surface area contributed by atoms with Crippen molar-refractivity contribution in [3.8, 4) is 22.8 Å². The zero-order valence-corrected chi connectivity index (χ0v) is 18.1. The molecular weight excluding hydrogens is 390 g/mol. The number of phenolic OH excluding ortho intramolecular Hbond substituents is 1. The van der Waals surface area contributed by atoms with Gasteiger partial charge in [-0.25, -0.2) is 0 Å². The van der Waals surface area contributed by atoms with Crippen molar-refractivity contribution in [2.45, 2.75) is 45.6 Å². The predicted molar refractivity (Wildman–Crippen MR) is 120 cm³/mol. The Balaban J connectivity index is 1.69. The Hall–Kier alpha value is -3.28. The molecule has 0 bridgehead atoms. The van der Waals surface area contributed by atoms with Gasteiger partial charge in [0.1, 0.15) is 22.9 Å². The van der Waals surface area contributed by atoms with Crippen LogP contribution in [-0.4, -0.2) is 39.3 Å². The average Bonchev–Trinajstić information content (AvgIpc) is 3.32. The minimum absolute atomic E-state index is 0.0593. The Morgan fingerprint density at radius 3 is 2.55 bits per heavy atom. The summed E-state index contributed by atoms with van der Waals surface area (Å²) in [4.78, 5) is 15.0. The molecule has 0 saturated carbocycles. The SMILES string of the molecule is CCCCCOc1ccc([C@H]2c3c(-c4ccccc4O)n[nH]c3C(=O)N2CCC)cc1. The van der Waals surface area contributed by atoms with Gasteiger partial charge in [0.15, 0.2) is 0 Å². The molecule has 6 nitrogen and oxygen atoms in total.